The Morgan fingerprint density at radius 1 is 1.41 bits per heavy atom. The average molecular weight is 237 g/mol. The maximum Gasteiger partial charge on any atom is 0.410 e. The Bertz CT molecular complexity index is 324. The van der Waals surface area contributed by atoms with E-state index in [0.29, 0.717) is 6.54 Å². The van der Waals surface area contributed by atoms with Crippen LogP contribution in [0.5, 0.6) is 0 Å². The smallest absolute Gasteiger partial charge is 0.410 e. The van der Waals surface area contributed by atoms with E-state index in [9.17, 15) is 4.79 Å². The third-order valence-electron chi connectivity index (χ3n) is 2.51. The van der Waals surface area contributed by atoms with Crippen LogP contribution in [0.25, 0.3) is 0 Å². The van der Waals surface area contributed by atoms with Gasteiger partial charge in [-0.25, -0.2) is 4.79 Å². The van der Waals surface area contributed by atoms with Crippen LogP contribution in [0.1, 0.15) is 40.0 Å². The van der Waals surface area contributed by atoms with E-state index >= 15 is 0 Å². The van der Waals surface area contributed by atoms with Crippen LogP contribution in [-0.2, 0) is 4.74 Å². The molecule has 1 aliphatic rings. The van der Waals surface area contributed by atoms with Crippen molar-refractivity contribution in [3.8, 4) is 0 Å². The number of carbonyl (C=O) groups is 1. The molecule has 3 heteroatoms. The Morgan fingerprint density at radius 3 is 2.65 bits per heavy atom. The predicted octanol–water partition coefficient (Wildman–Crippen LogP) is 3.52. The Labute approximate surface area is 104 Å². The second-order valence-corrected chi connectivity index (χ2v) is 5.41. The molecule has 0 heterocycles. The third kappa shape index (κ3) is 5.57. The average Bonchev–Trinajstić information content (AvgIpc) is 2.25. The molecule has 0 fully saturated rings. The third-order valence-corrected chi connectivity index (χ3v) is 2.51. The highest BCUT2D eigenvalue weighted by molar-refractivity contribution is 5.67. The molecule has 0 aliphatic heterocycles. The van der Waals surface area contributed by atoms with Gasteiger partial charge in [0.2, 0.25) is 0 Å². The van der Waals surface area contributed by atoms with Crippen molar-refractivity contribution >= 4 is 6.09 Å². The monoisotopic (exact) mass is 237 g/mol. The molecule has 96 valence electrons. The summed E-state index contributed by atoms with van der Waals surface area (Å²) in [4.78, 5) is 13.3. The lowest BCUT2D eigenvalue weighted by molar-refractivity contribution is 0.0301. The fourth-order valence-electron chi connectivity index (χ4n) is 1.58. The lowest BCUT2D eigenvalue weighted by atomic mass is 10.0. The number of nitrogens with zero attached hydrogens (tertiary/aromatic N) is 1. The standard InChI is InChI=1S/C14H23NO2/c1-14(2,3)17-13(16)15(4)11-10-12-8-6-5-7-9-12/h6,8-9H,5,7,10-11H2,1-4H3. The minimum Gasteiger partial charge on any atom is -0.444 e. The lowest BCUT2D eigenvalue weighted by Gasteiger charge is -2.24. The number of rotatable bonds is 3. The van der Waals surface area contributed by atoms with Gasteiger partial charge in [0.05, 0.1) is 0 Å². The quantitative estimate of drug-likeness (QED) is 0.751. The number of ether oxygens (including phenoxy) is 1. The van der Waals surface area contributed by atoms with Crippen molar-refractivity contribution in [3.05, 3.63) is 23.8 Å². The maximum atomic E-state index is 11.7. The largest absolute Gasteiger partial charge is 0.444 e. The van der Waals surface area contributed by atoms with Crippen LogP contribution in [0.15, 0.2) is 23.8 Å². The zero-order chi connectivity index (χ0) is 12.9. The van der Waals surface area contributed by atoms with Gasteiger partial charge < -0.3 is 9.64 Å². The molecule has 0 aromatic carbocycles. The van der Waals surface area contributed by atoms with Gasteiger partial charge in [0.1, 0.15) is 5.60 Å². The fraction of sp³-hybridized carbons (Fsp3) is 0.643. The van der Waals surface area contributed by atoms with E-state index in [-0.39, 0.29) is 6.09 Å². The second-order valence-electron chi connectivity index (χ2n) is 5.41. The first kappa shape index (κ1) is 13.8. The maximum absolute atomic E-state index is 11.7. The molecule has 0 saturated carbocycles. The molecule has 0 unspecified atom stereocenters. The molecule has 1 amide bonds. The zero-order valence-corrected chi connectivity index (χ0v) is 11.3. The van der Waals surface area contributed by atoms with E-state index in [0.717, 1.165) is 19.3 Å². The number of hydrogen-bond donors (Lipinski definition) is 0. The van der Waals surface area contributed by atoms with E-state index < -0.39 is 5.60 Å². The van der Waals surface area contributed by atoms with E-state index in [4.69, 9.17) is 4.74 Å². The molecule has 0 aromatic heterocycles. The molecule has 0 N–H and O–H groups in total. The first-order chi connectivity index (χ1) is 7.88. The van der Waals surface area contributed by atoms with Crippen LogP contribution >= 0.6 is 0 Å². The van der Waals surface area contributed by atoms with Crippen molar-refractivity contribution in [2.75, 3.05) is 13.6 Å². The van der Waals surface area contributed by atoms with E-state index in [1.807, 2.05) is 20.8 Å². The summed E-state index contributed by atoms with van der Waals surface area (Å²) < 4.78 is 5.29. The van der Waals surface area contributed by atoms with Crippen LogP contribution in [0.3, 0.4) is 0 Å². The van der Waals surface area contributed by atoms with Gasteiger partial charge >= 0.3 is 6.09 Å². The topological polar surface area (TPSA) is 29.5 Å². The van der Waals surface area contributed by atoms with Gasteiger partial charge in [-0.2, -0.15) is 0 Å². The number of carbonyl (C=O) groups excluding carboxylic acids is 1. The van der Waals surface area contributed by atoms with Gasteiger partial charge in [-0.1, -0.05) is 23.8 Å². The van der Waals surface area contributed by atoms with Crippen molar-refractivity contribution in [3.63, 3.8) is 0 Å². The van der Waals surface area contributed by atoms with E-state index in [1.165, 1.54) is 5.57 Å². The molecule has 1 aliphatic carbocycles. The summed E-state index contributed by atoms with van der Waals surface area (Å²) >= 11 is 0. The molecule has 0 radical (unpaired) electrons. The normalized spacial score (nSPS) is 15.4. The van der Waals surface area contributed by atoms with Gasteiger partial charge in [0.15, 0.2) is 0 Å². The molecule has 1 rings (SSSR count). The summed E-state index contributed by atoms with van der Waals surface area (Å²) in [5.74, 6) is 0. The van der Waals surface area contributed by atoms with E-state index in [2.05, 4.69) is 18.2 Å². The Morgan fingerprint density at radius 2 is 2.12 bits per heavy atom. The Balaban J connectivity index is 2.34. The molecule has 17 heavy (non-hydrogen) atoms. The minimum absolute atomic E-state index is 0.252. The van der Waals surface area contributed by atoms with Crippen molar-refractivity contribution < 1.29 is 9.53 Å². The van der Waals surface area contributed by atoms with Crippen LogP contribution in [0, 0.1) is 0 Å². The summed E-state index contributed by atoms with van der Waals surface area (Å²) in [6, 6.07) is 0. The molecular formula is C14H23NO2. The van der Waals surface area contributed by atoms with Gasteiger partial charge in [-0.15, -0.1) is 0 Å². The summed E-state index contributed by atoms with van der Waals surface area (Å²) in [6.07, 6.45) is 9.45. The zero-order valence-electron chi connectivity index (χ0n) is 11.3. The van der Waals surface area contributed by atoms with Crippen LogP contribution in [0.4, 0.5) is 4.79 Å². The minimum atomic E-state index is -0.421. The molecule has 0 atom stereocenters. The molecule has 0 saturated heterocycles. The molecule has 0 spiro atoms. The molecule has 0 aromatic rings. The number of allylic oxidation sites excluding steroid dienone is 3. The molecular weight excluding hydrogens is 214 g/mol. The van der Waals surface area contributed by atoms with Gasteiger partial charge in [-0.3, -0.25) is 0 Å². The molecule has 3 nitrogen and oxygen atoms in total. The Kier molecular flexibility index (Phi) is 4.79. The fourth-order valence-corrected chi connectivity index (χ4v) is 1.58. The molecule has 0 bridgehead atoms. The highest BCUT2D eigenvalue weighted by Gasteiger charge is 2.19. The summed E-state index contributed by atoms with van der Waals surface area (Å²) in [5, 5.41) is 0. The first-order valence-electron chi connectivity index (χ1n) is 6.18. The Hall–Kier alpha value is -1.25. The van der Waals surface area contributed by atoms with Gasteiger partial charge in [0, 0.05) is 13.6 Å². The second kappa shape index (κ2) is 5.89. The first-order valence-corrected chi connectivity index (χ1v) is 6.18. The van der Waals surface area contributed by atoms with Gasteiger partial charge in [0.25, 0.3) is 0 Å². The predicted molar refractivity (Wildman–Crippen MR) is 69.9 cm³/mol. The van der Waals surface area contributed by atoms with E-state index in [1.54, 1.807) is 11.9 Å². The van der Waals surface area contributed by atoms with Crippen molar-refractivity contribution in [2.45, 2.75) is 45.6 Å². The summed E-state index contributed by atoms with van der Waals surface area (Å²) in [6.45, 7) is 6.34. The lowest BCUT2D eigenvalue weighted by Crippen LogP contribution is -2.34. The van der Waals surface area contributed by atoms with Crippen molar-refractivity contribution in [1.82, 2.24) is 4.90 Å². The van der Waals surface area contributed by atoms with Gasteiger partial charge in [-0.05, 0) is 40.0 Å². The number of amides is 1. The van der Waals surface area contributed by atoms with Crippen LogP contribution < -0.4 is 0 Å². The van der Waals surface area contributed by atoms with Crippen LogP contribution in [0.2, 0.25) is 0 Å². The van der Waals surface area contributed by atoms with Crippen molar-refractivity contribution in [2.24, 2.45) is 0 Å². The van der Waals surface area contributed by atoms with Crippen molar-refractivity contribution in [1.29, 1.82) is 0 Å². The summed E-state index contributed by atoms with van der Waals surface area (Å²) in [7, 11) is 1.78. The summed E-state index contributed by atoms with van der Waals surface area (Å²) in [5.41, 5.74) is 0.890. The van der Waals surface area contributed by atoms with Crippen LogP contribution in [-0.4, -0.2) is 30.2 Å². The highest BCUT2D eigenvalue weighted by Crippen LogP contribution is 2.14. The SMILES string of the molecule is CN(CCC1=CCCC=C1)C(=O)OC(C)(C)C. The highest BCUT2D eigenvalue weighted by atomic mass is 16.6. The number of hydrogen-bond acceptors (Lipinski definition) is 2.